The first-order chi connectivity index (χ1) is 17.6. The van der Waals surface area contributed by atoms with Gasteiger partial charge in [0.25, 0.3) is 0 Å². The summed E-state index contributed by atoms with van der Waals surface area (Å²) < 4.78 is 5.41. The van der Waals surface area contributed by atoms with Gasteiger partial charge in [0.15, 0.2) is 0 Å². The van der Waals surface area contributed by atoms with Crippen molar-refractivity contribution in [3.63, 3.8) is 0 Å². The van der Waals surface area contributed by atoms with Gasteiger partial charge in [0.2, 0.25) is 29.5 Å². The molecule has 0 radical (unpaired) electrons. The van der Waals surface area contributed by atoms with E-state index in [1.165, 1.54) is 28.6 Å². The highest BCUT2D eigenvalue weighted by Crippen LogP contribution is 2.23. The predicted molar refractivity (Wildman–Crippen MR) is 140 cm³/mol. The molecule has 0 aromatic heterocycles. The number of carbonyl (C=O) groups excluding carboxylic acids is 6. The molecule has 2 heterocycles. The van der Waals surface area contributed by atoms with E-state index in [0.29, 0.717) is 12.2 Å². The molecular formula is C23H35N5O7S2. The second kappa shape index (κ2) is 15.5. The number of hydrogen-bond donors (Lipinski definition) is 5. The molecule has 1 fully saturated rings. The van der Waals surface area contributed by atoms with Crippen LogP contribution in [0.25, 0.3) is 0 Å². The van der Waals surface area contributed by atoms with E-state index in [0.717, 1.165) is 0 Å². The monoisotopic (exact) mass is 557 g/mol. The molecule has 5 amide bonds. The maximum Gasteiger partial charge on any atom is 0.326 e. The van der Waals surface area contributed by atoms with Crippen molar-refractivity contribution >= 4 is 57.1 Å². The lowest BCUT2D eigenvalue weighted by Gasteiger charge is -2.27. The molecule has 0 aromatic carbocycles. The summed E-state index contributed by atoms with van der Waals surface area (Å²) in [5.41, 5.74) is 0. The van der Waals surface area contributed by atoms with E-state index in [9.17, 15) is 28.8 Å². The van der Waals surface area contributed by atoms with Crippen molar-refractivity contribution in [3.8, 4) is 0 Å². The third-order valence-corrected chi connectivity index (χ3v) is 8.03. The molecule has 0 aromatic rings. The van der Waals surface area contributed by atoms with Crippen molar-refractivity contribution in [2.75, 3.05) is 25.1 Å². The number of nitrogens with one attached hydrogen (secondary N) is 5. The van der Waals surface area contributed by atoms with Gasteiger partial charge in [-0.25, -0.2) is 0 Å². The smallest absolute Gasteiger partial charge is 0.326 e. The predicted octanol–water partition coefficient (Wildman–Crippen LogP) is -0.604. The van der Waals surface area contributed by atoms with Gasteiger partial charge in [0.1, 0.15) is 30.8 Å². The zero-order chi connectivity index (χ0) is 27.4. The minimum atomic E-state index is -1.11. The summed E-state index contributed by atoms with van der Waals surface area (Å²) in [6.07, 6.45) is 2.79. The number of hydrogen-bond acceptors (Lipinski definition) is 9. The molecule has 0 saturated carbocycles. The van der Waals surface area contributed by atoms with Gasteiger partial charge in [-0.1, -0.05) is 41.5 Å². The Bertz CT molecular complexity index is 899. The normalized spacial score (nSPS) is 27.6. The van der Waals surface area contributed by atoms with Crippen molar-refractivity contribution in [1.82, 2.24) is 26.6 Å². The number of rotatable bonds is 4. The molecule has 12 nitrogen and oxygen atoms in total. The van der Waals surface area contributed by atoms with Crippen LogP contribution in [0.5, 0.6) is 0 Å². The van der Waals surface area contributed by atoms with Crippen LogP contribution in [0.15, 0.2) is 12.2 Å². The minimum Gasteiger partial charge on any atom is -0.456 e. The van der Waals surface area contributed by atoms with Crippen LogP contribution in [0.2, 0.25) is 0 Å². The third kappa shape index (κ3) is 10.6. The molecule has 14 heteroatoms. The lowest BCUT2D eigenvalue weighted by molar-refractivity contribution is -0.148. The van der Waals surface area contributed by atoms with Gasteiger partial charge < -0.3 is 31.3 Å². The molecule has 5 N–H and O–H groups in total. The largest absolute Gasteiger partial charge is 0.456 e. The fourth-order valence-corrected chi connectivity index (χ4v) is 5.67. The van der Waals surface area contributed by atoms with E-state index in [1.54, 1.807) is 26.0 Å². The van der Waals surface area contributed by atoms with Gasteiger partial charge in [-0.2, -0.15) is 0 Å². The van der Waals surface area contributed by atoms with E-state index < -0.39 is 60.4 Å². The van der Waals surface area contributed by atoms with Crippen LogP contribution in [0, 0.1) is 5.92 Å². The molecular weight excluding hydrogens is 522 g/mol. The average Bonchev–Trinajstić information content (AvgIpc) is 2.85. The summed E-state index contributed by atoms with van der Waals surface area (Å²) in [6.45, 7) is 3.05. The quantitative estimate of drug-likeness (QED) is 0.172. The average molecular weight is 558 g/mol. The van der Waals surface area contributed by atoms with Crippen molar-refractivity contribution in [2.45, 2.75) is 63.8 Å². The lowest BCUT2D eigenvalue weighted by atomic mass is 10.0. The van der Waals surface area contributed by atoms with Gasteiger partial charge in [0, 0.05) is 25.0 Å². The number of carbonyl (C=O) groups is 6. The molecule has 2 aliphatic rings. The van der Waals surface area contributed by atoms with Crippen molar-refractivity contribution < 1.29 is 33.5 Å². The zero-order valence-electron chi connectivity index (χ0n) is 21.2. The Labute approximate surface area is 224 Å². The molecule has 37 heavy (non-hydrogen) atoms. The van der Waals surface area contributed by atoms with Gasteiger partial charge in [-0.05, 0) is 24.8 Å². The Kier molecular flexibility index (Phi) is 12.8. The standard InChI is InChI=1S/C23H35N5O7S2/c1-13(2)20-23(34)25-11-19(31)35-14-6-4-5-9-36-37-12-16(22(33)28-20)27-21(32)15(26-18(30)10-14)7-8-17(29)24-3/h4,6,13-16,20H,5,7-12H2,1-3H3,(H,24,29)(H,25,34)(H,26,30)(H,27,32)(H,28,33)/b6-4+/t14-,15-,16+,20-/m1/s1. The summed E-state index contributed by atoms with van der Waals surface area (Å²) in [7, 11) is 4.34. The second-order valence-corrected chi connectivity index (χ2v) is 11.5. The van der Waals surface area contributed by atoms with Crippen LogP contribution >= 0.6 is 21.6 Å². The van der Waals surface area contributed by atoms with Crippen LogP contribution in [0.3, 0.4) is 0 Å². The second-order valence-electron chi connectivity index (χ2n) is 8.90. The number of allylic oxidation sites excluding steroid dienone is 1. The van der Waals surface area contributed by atoms with Crippen LogP contribution in [0.1, 0.15) is 39.5 Å². The first-order valence-corrected chi connectivity index (χ1v) is 14.6. The Balaban J connectivity index is 2.44. The molecule has 1 saturated heterocycles. The Morgan fingerprint density at radius 3 is 2.54 bits per heavy atom. The SMILES string of the molecule is CNC(=O)CC[C@H]1NC(=O)C[C@H]2/C=C/CCSSC[C@H](NC1=O)C(=O)N[C@H](C(C)C)C(=O)NCC(=O)O2. The van der Waals surface area contributed by atoms with Crippen LogP contribution in [0.4, 0.5) is 0 Å². The van der Waals surface area contributed by atoms with Gasteiger partial charge >= 0.3 is 5.97 Å². The van der Waals surface area contributed by atoms with E-state index >= 15 is 0 Å². The molecule has 2 rings (SSSR count). The van der Waals surface area contributed by atoms with E-state index in [4.69, 9.17) is 4.74 Å². The summed E-state index contributed by atoms with van der Waals surface area (Å²) in [5.74, 6) is -2.86. The molecule has 0 aliphatic carbocycles. The van der Waals surface area contributed by atoms with E-state index in [-0.39, 0.29) is 36.8 Å². The molecule has 0 spiro atoms. The highest BCUT2D eigenvalue weighted by Gasteiger charge is 2.32. The van der Waals surface area contributed by atoms with Crippen LogP contribution in [-0.4, -0.2) is 84.8 Å². The Morgan fingerprint density at radius 2 is 1.84 bits per heavy atom. The Hall–Kier alpha value is -2.74. The molecule has 206 valence electrons. The van der Waals surface area contributed by atoms with Crippen molar-refractivity contribution in [3.05, 3.63) is 12.2 Å². The molecule has 2 aliphatic heterocycles. The van der Waals surface area contributed by atoms with E-state index in [2.05, 4.69) is 26.6 Å². The van der Waals surface area contributed by atoms with Gasteiger partial charge in [0.05, 0.1) is 6.42 Å². The van der Waals surface area contributed by atoms with Gasteiger partial charge in [-0.3, -0.25) is 28.8 Å². The topological polar surface area (TPSA) is 172 Å². The van der Waals surface area contributed by atoms with Gasteiger partial charge in [-0.15, -0.1) is 0 Å². The first-order valence-electron chi connectivity index (χ1n) is 12.1. The summed E-state index contributed by atoms with van der Waals surface area (Å²) in [5, 5.41) is 12.9. The highest BCUT2D eigenvalue weighted by molar-refractivity contribution is 8.76. The maximum absolute atomic E-state index is 13.2. The fraction of sp³-hybridized carbons (Fsp3) is 0.652. The summed E-state index contributed by atoms with van der Waals surface area (Å²) in [4.78, 5) is 76.3. The van der Waals surface area contributed by atoms with Crippen LogP contribution in [-0.2, 0) is 33.5 Å². The lowest BCUT2D eigenvalue weighted by Crippen LogP contribution is -2.59. The Morgan fingerprint density at radius 1 is 1.08 bits per heavy atom. The maximum atomic E-state index is 13.2. The number of esters is 1. The number of amides is 5. The summed E-state index contributed by atoms with van der Waals surface area (Å²) in [6, 6.07) is -3.08. The van der Waals surface area contributed by atoms with Crippen LogP contribution < -0.4 is 26.6 Å². The molecule has 4 atom stereocenters. The zero-order valence-corrected chi connectivity index (χ0v) is 22.8. The fourth-order valence-electron chi connectivity index (χ4n) is 3.52. The van der Waals surface area contributed by atoms with E-state index in [1.807, 2.05) is 0 Å². The number of fused-ring (bicyclic) bond motifs is 7. The number of ether oxygens (including phenoxy) is 1. The summed E-state index contributed by atoms with van der Waals surface area (Å²) >= 11 is 0. The highest BCUT2D eigenvalue weighted by atomic mass is 33.1. The van der Waals surface area contributed by atoms with Crippen molar-refractivity contribution in [2.24, 2.45) is 5.92 Å². The first kappa shape index (κ1) is 30.5. The minimum absolute atomic E-state index is 0.00913. The third-order valence-electron chi connectivity index (χ3n) is 5.58. The van der Waals surface area contributed by atoms with Crippen molar-refractivity contribution in [1.29, 1.82) is 0 Å². The molecule has 2 bridgehead atoms. The molecule has 0 unspecified atom stereocenters.